The number of aliphatic imine (C=N–C) groups is 1. The van der Waals surface area contributed by atoms with Gasteiger partial charge in [-0.1, -0.05) is 17.7 Å². The van der Waals surface area contributed by atoms with Gasteiger partial charge in [0.1, 0.15) is 0 Å². The first-order chi connectivity index (χ1) is 15.1. The fourth-order valence-corrected chi connectivity index (χ4v) is 4.41. The number of hydrogen-bond acceptors (Lipinski definition) is 10. The zero-order valence-electron chi connectivity index (χ0n) is 18.6. The summed E-state index contributed by atoms with van der Waals surface area (Å²) in [4.78, 5) is 34.6. The fraction of sp³-hybridized carbons (Fsp3) is 0.526. The van der Waals surface area contributed by atoms with Gasteiger partial charge in [0.2, 0.25) is 21.8 Å². The van der Waals surface area contributed by atoms with Crippen LogP contribution in [0.3, 0.4) is 0 Å². The quantitative estimate of drug-likeness (QED) is 0.138. The van der Waals surface area contributed by atoms with Gasteiger partial charge in [-0.25, -0.2) is 18.0 Å². The van der Waals surface area contributed by atoms with Crippen molar-refractivity contribution in [1.29, 1.82) is 0 Å². The van der Waals surface area contributed by atoms with Gasteiger partial charge in [-0.05, 0) is 38.8 Å². The van der Waals surface area contributed by atoms with Crippen LogP contribution in [0.5, 0.6) is 0 Å². The van der Waals surface area contributed by atoms with Gasteiger partial charge in [0, 0.05) is 0 Å². The Morgan fingerprint density at radius 1 is 1.03 bits per heavy atom. The molecule has 0 aliphatic carbocycles. The van der Waals surface area contributed by atoms with E-state index in [9.17, 15) is 22.8 Å². The molecule has 0 spiro atoms. The van der Waals surface area contributed by atoms with Gasteiger partial charge in [-0.15, -0.1) is 0 Å². The number of aliphatic hydroxyl groups excluding tert-OH is 3. The van der Waals surface area contributed by atoms with Gasteiger partial charge in [0.15, 0.2) is 0 Å². The molecule has 0 bridgehead atoms. The van der Waals surface area contributed by atoms with Gasteiger partial charge in [0.25, 0.3) is 0 Å². The minimum atomic E-state index is -4.17. The summed E-state index contributed by atoms with van der Waals surface area (Å²) < 4.78 is 26.8. The Bertz CT molecular complexity index is 966. The Morgan fingerprint density at radius 3 is 1.82 bits per heavy atom. The van der Waals surface area contributed by atoms with E-state index in [1.165, 1.54) is 0 Å². The molecule has 0 fully saturated rings. The molecular formula is C19H29N3O10S. The Morgan fingerprint density at radius 2 is 1.48 bits per heavy atom. The van der Waals surface area contributed by atoms with E-state index in [4.69, 9.17) is 25.5 Å². The lowest BCUT2D eigenvalue weighted by atomic mass is 10.0. The molecule has 7 N–H and O–H groups in total. The first-order valence-electron chi connectivity index (χ1n) is 9.37. The molecule has 0 amide bonds. The molecule has 0 aliphatic rings. The number of sulfonamides is 1. The summed E-state index contributed by atoms with van der Waals surface area (Å²) in [6, 6.07) is 3.34. The largest absolute Gasteiger partial charge is 0.480 e. The average molecular weight is 492 g/mol. The van der Waals surface area contributed by atoms with Crippen LogP contribution in [0, 0.1) is 20.8 Å². The van der Waals surface area contributed by atoms with Crippen molar-refractivity contribution in [3.05, 3.63) is 28.8 Å². The molecule has 0 aliphatic heterocycles. The highest BCUT2D eigenvalue weighted by molar-refractivity contribution is 7.89. The molecule has 1 atom stereocenters. The van der Waals surface area contributed by atoms with Crippen molar-refractivity contribution in [2.75, 3.05) is 26.4 Å². The number of benzene rings is 1. The second-order valence-corrected chi connectivity index (χ2v) is 9.04. The number of aliphatic hydroxyl groups is 3. The topological polar surface area (TPSA) is 223 Å². The van der Waals surface area contributed by atoms with Crippen molar-refractivity contribution < 1.29 is 48.3 Å². The van der Waals surface area contributed by atoms with Crippen LogP contribution in [0.25, 0.3) is 0 Å². The van der Waals surface area contributed by atoms with E-state index >= 15 is 0 Å². The van der Waals surface area contributed by atoms with Crippen molar-refractivity contribution in [3.8, 4) is 0 Å². The van der Waals surface area contributed by atoms with Crippen LogP contribution in [-0.4, -0.2) is 89.5 Å². The number of carbonyl (C=O) groups excluding carboxylic acids is 1. The minimum Gasteiger partial charge on any atom is -0.480 e. The van der Waals surface area contributed by atoms with Gasteiger partial charge in [-0.3, -0.25) is 10.1 Å². The monoisotopic (exact) mass is 491 g/mol. The van der Waals surface area contributed by atoms with Crippen molar-refractivity contribution >= 4 is 28.0 Å². The van der Waals surface area contributed by atoms with E-state index in [2.05, 4.69) is 10.3 Å². The molecule has 1 aromatic rings. The van der Waals surface area contributed by atoms with Crippen molar-refractivity contribution in [2.45, 2.75) is 43.8 Å². The summed E-state index contributed by atoms with van der Waals surface area (Å²) in [7, 11) is -4.17. The van der Waals surface area contributed by atoms with Crippen LogP contribution in [0.1, 0.15) is 23.6 Å². The van der Waals surface area contributed by atoms with Crippen LogP contribution in [0.4, 0.5) is 0 Å². The Balaban J connectivity index is 0.000000728. The van der Waals surface area contributed by atoms with Crippen molar-refractivity contribution in [3.63, 3.8) is 0 Å². The number of carboxylic acids is 2. The standard InChI is InChI=1S/C13H16N2O5S.C6H13NO5/c1-8-5-9(2)11(10(3)6-8)21(19,20)15-13(4,12(17)18)14-7-16;8-2-6(3-9,4-10)7-1-5(11)12/h5-6,15H,1-4H3,(H,17,18);7-10H,1-4H2,(H,11,12)/t13-;/m0./s1. The first-order valence-corrected chi connectivity index (χ1v) is 10.9. The predicted octanol–water partition coefficient (Wildman–Crippen LogP) is -1.60. The summed E-state index contributed by atoms with van der Waals surface area (Å²) in [6.45, 7) is 4.03. The van der Waals surface area contributed by atoms with Gasteiger partial charge < -0.3 is 25.5 Å². The third-order valence-electron chi connectivity index (χ3n) is 4.41. The third-order valence-corrected chi connectivity index (χ3v) is 6.26. The molecule has 186 valence electrons. The highest BCUT2D eigenvalue weighted by Crippen LogP contribution is 2.23. The van der Waals surface area contributed by atoms with E-state index in [0.29, 0.717) is 11.1 Å². The number of carboxylic acid groups (broad SMARTS) is 2. The molecular weight excluding hydrogens is 462 g/mol. The maximum absolute atomic E-state index is 12.4. The number of hydrogen-bond donors (Lipinski definition) is 7. The molecule has 14 heteroatoms. The van der Waals surface area contributed by atoms with Gasteiger partial charge in [0.05, 0.1) is 36.8 Å². The van der Waals surface area contributed by atoms with Crippen molar-refractivity contribution in [1.82, 2.24) is 10.0 Å². The summed E-state index contributed by atoms with van der Waals surface area (Å²) in [5.41, 5.74) is -1.77. The lowest BCUT2D eigenvalue weighted by molar-refractivity contribution is -0.143. The number of carbonyl (C=O) groups is 2. The Kier molecular flexibility index (Phi) is 11.5. The molecule has 0 saturated carbocycles. The molecule has 13 nitrogen and oxygen atoms in total. The van der Waals surface area contributed by atoms with E-state index in [1.54, 1.807) is 26.0 Å². The number of rotatable bonds is 11. The zero-order valence-corrected chi connectivity index (χ0v) is 19.4. The first kappa shape index (κ1) is 30.3. The van der Waals surface area contributed by atoms with E-state index < -0.39 is 59.5 Å². The highest BCUT2D eigenvalue weighted by Gasteiger charge is 2.39. The van der Waals surface area contributed by atoms with Crippen LogP contribution >= 0.6 is 0 Å². The molecule has 0 unspecified atom stereocenters. The van der Waals surface area contributed by atoms with Crippen LogP contribution in [0.15, 0.2) is 22.0 Å². The summed E-state index contributed by atoms with van der Waals surface area (Å²) in [6.07, 6.45) is 1.07. The number of aliphatic carboxylic acids is 2. The zero-order chi connectivity index (χ0) is 26.0. The fourth-order valence-electron chi connectivity index (χ4n) is 2.69. The minimum absolute atomic E-state index is 0.0262. The van der Waals surface area contributed by atoms with Gasteiger partial charge >= 0.3 is 11.9 Å². The van der Waals surface area contributed by atoms with Crippen molar-refractivity contribution in [2.24, 2.45) is 4.99 Å². The number of nitrogens with zero attached hydrogens (tertiary/aromatic N) is 1. The molecule has 1 rings (SSSR count). The Labute approximate surface area is 190 Å². The average Bonchev–Trinajstić information content (AvgIpc) is 2.68. The third kappa shape index (κ3) is 8.63. The van der Waals surface area contributed by atoms with Crippen LogP contribution < -0.4 is 10.0 Å². The molecule has 0 heterocycles. The normalized spacial score (nSPS) is 13.2. The smallest absolute Gasteiger partial charge is 0.348 e. The molecule has 0 aromatic heterocycles. The molecule has 0 saturated heterocycles. The van der Waals surface area contributed by atoms with E-state index in [-0.39, 0.29) is 4.90 Å². The number of isocyanates is 1. The lowest BCUT2D eigenvalue weighted by Crippen LogP contribution is -2.56. The molecule has 1 aromatic carbocycles. The second kappa shape index (κ2) is 12.5. The summed E-state index contributed by atoms with van der Waals surface area (Å²) >= 11 is 0. The predicted molar refractivity (Wildman–Crippen MR) is 115 cm³/mol. The second-order valence-electron chi connectivity index (χ2n) is 7.42. The summed E-state index contributed by atoms with van der Waals surface area (Å²) in [5.74, 6) is -2.72. The maximum atomic E-state index is 12.4. The van der Waals surface area contributed by atoms with E-state index in [1.807, 2.05) is 11.6 Å². The summed E-state index contributed by atoms with van der Waals surface area (Å²) in [5, 5.41) is 45.8. The lowest BCUT2D eigenvalue weighted by Gasteiger charge is -2.27. The highest BCUT2D eigenvalue weighted by atomic mass is 32.2. The Hall–Kier alpha value is -2.71. The molecule has 33 heavy (non-hydrogen) atoms. The van der Waals surface area contributed by atoms with Crippen LogP contribution in [-0.2, 0) is 24.4 Å². The maximum Gasteiger partial charge on any atom is 0.348 e. The van der Waals surface area contributed by atoms with E-state index in [0.717, 1.165) is 18.6 Å². The van der Waals surface area contributed by atoms with Crippen LogP contribution in [0.2, 0.25) is 0 Å². The number of aryl methyl sites for hydroxylation is 3. The molecule has 0 radical (unpaired) electrons. The SMILES string of the molecule is Cc1cc(C)c(S(=O)(=O)N[C@](C)(N=C=O)C(=O)O)c(C)c1.O=C(O)CNC(CO)(CO)CO. The van der Waals surface area contributed by atoms with Gasteiger partial charge in [-0.2, -0.15) is 9.71 Å². The number of nitrogens with one attached hydrogen (secondary N) is 2.